The highest BCUT2D eigenvalue weighted by Gasteiger charge is 2.25. The van der Waals surface area contributed by atoms with Crippen molar-refractivity contribution < 1.29 is 14.3 Å². The molecule has 6 heteroatoms. The summed E-state index contributed by atoms with van der Waals surface area (Å²) in [5.41, 5.74) is 2.42. The van der Waals surface area contributed by atoms with Crippen molar-refractivity contribution in [3.05, 3.63) is 58.7 Å². The van der Waals surface area contributed by atoms with Crippen molar-refractivity contribution in [3.63, 3.8) is 0 Å². The molecule has 0 saturated heterocycles. The highest BCUT2D eigenvalue weighted by atomic mass is 35.5. The Morgan fingerprint density at radius 1 is 1.19 bits per heavy atom. The summed E-state index contributed by atoms with van der Waals surface area (Å²) in [4.78, 5) is 15.8. The van der Waals surface area contributed by atoms with Crippen molar-refractivity contribution >= 4 is 28.4 Å². The molecule has 2 N–H and O–H groups in total. The van der Waals surface area contributed by atoms with Gasteiger partial charge >= 0.3 is 0 Å². The van der Waals surface area contributed by atoms with Crippen LogP contribution in [0.3, 0.4) is 0 Å². The first-order valence-electron chi connectivity index (χ1n) is 8.39. The number of hydrogen-bond donors (Lipinski definition) is 2. The molecular formula is C20H19ClN2O3. The number of benzene rings is 2. The van der Waals surface area contributed by atoms with Crippen LogP contribution in [0.2, 0.25) is 5.02 Å². The largest absolute Gasteiger partial charge is 0.454 e. The first kappa shape index (κ1) is 16.8. The quantitative estimate of drug-likeness (QED) is 0.721. The summed E-state index contributed by atoms with van der Waals surface area (Å²) in [6.45, 7) is 4.86. The van der Waals surface area contributed by atoms with Crippen LogP contribution in [0.5, 0.6) is 11.5 Å². The number of rotatable bonds is 4. The van der Waals surface area contributed by atoms with E-state index >= 15 is 0 Å². The predicted molar refractivity (Wildman–Crippen MR) is 101 cm³/mol. The van der Waals surface area contributed by atoms with Gasteiger partial charge in [0.2, 0.25) is 6.79 Å². The summed E-state index contributed by atoms with van der Waals surface area (Å²) in [5, 5.41) is 4.78. The van der Waals surface area contributed by atoms with E-state index in [1.165, 1.54) is 0 Å². The number of aromatic nitrogens is 1. The van der Waals surface area contributed by atoms with Gasteiger partial charge in [-0.3, -0.25) is 4.79 Å². The van der Waals surface area contributed by atoms with E-state index in [1.54, 1.807) is 18.2 Å². The molecule has 2 aromatic carbocycles. The average Bonchev–Trinajstić information content (AvgIpc) is 3.25. The number of hydrogen-bond acceptors (Lipinski definition) is 3. The minimum Gasteiger partial charge on any atom is -0.454 e. The average molecular weight is 371 g/mol. The SMILES string of the molecule is CC(C)(CNC(=O)c1ccc2c(c1)OCO2)c1c[nH]c2ccc(Cl)cc12. The number of halogens is 1. The molecule has 1 aliphatic heterocycles. The van der Waals surface area contributed by atoms with Crippen molar-refractivity contribution in [3.8, 4) is 11.5 Å². The summed E-state index contributed by atoms with van der Waals surface area (Å²) in [6.07, 6.45) is 1.98. The zero-order valence-electron chi connectivity index (χ0n) is 14.6. The Kier molecular flexibility index (Phi) is 4.04. The Bertz CT molecular complexity index is 994. The maximum Gasteiger partial charge on any atom is 0.251 e. The van der Waals surface area contributed by atoms with Crippen LogP contribution < -0.4 is 14.8 Å². The Balaban J connectivity index is 1.52. The summed E-state index contributed by atoms with van der Waals surface area (Å²) in [7, 11) is 0. The highest BCUT2D eigenvalue weighted by molar-refractivity contribution is 6.31. The van der Waals surface area contributed by atoms with Crippen LogP contribution in [0.15, 0.2) is 42.6 Å². The molecule has 3 aromatic rings. The van der Waals surface area contributed by atoms with Crippen LogP contribution in [-0.2, 0) is 5.41 Å². The Hall–Kier alpha value is -2.66. The van der Waals surface area contributed by atoms with Crippen molar-refractivity contribution in [2.75, 3.05) is 13.3 Å². The summed E-state index contributed by atoms with van der Waals surface area (Å²) in [5.74, 6) is 1.12. The molecule has 1 amide bonds. The Labute approximate surface area is 156 Å². The number of H-pyrrole nitrogens is 1. The maximum atomic E-state index is 12.5. The fraction of sp³-hybridized carbons (Fsp3) is 0.250. The lowest BCUT2D eigenvalue weighted by Crippen LogP contribution is -2.36. The van der Waals surface area contributed by atoms with Crippen molar-refractivity contribution in [1.29, 1.82) is 0 Å². The molecule has 2 heterocycles. The maximum absolute atomic E-state index is 12.5. The second kappa shape index (κ2) is 6.25. The van der Waals surface area contributed by atoms with Gasteiger partial charge in [-0.05, 0) is 42.0 Å². The zero-order valence-corrected chi connectivity index (χ0v) is 15.3. The third-order valence-electron chi connectivity index (χ3n) is 4.70. The van der Waals surface area contributed by atoms with Gasteiger partial charge in [0.1, 0.15) is 0 Å². The van der Waals surface area contributed by atoms with Gasteiger partial charge in [0, 0.05) is 39.6 Å². The van der Waals surface area contributed by atoms with Gasteiger partial charge in [0.05, 0.1) is 0 Å². The molecule has 0 saturated carbocycles. The third-order valence-corrected chi connectivity index (χ3v) is 4.93. The normalized spacial score (nSPS) is 13.2. The van der Waals surface area contributed by atoms with Crippen molar-refractivity contribution in [2.45, 2.75) is 19.3 Å². The number of carbonyl (C=O) groups excluding carboxylic acids is 1. The highest BCUT2D eigenvalue weighted by Crippen LogP contribution is 2.33. The summed E-state index contributed by atoms with van der Waals surface area (Å²) in [6, 6.07) is 11.0. The lowest BCUT2D eigenvalue weighted by atomic mass is 9.84. The third kappa shape index (κ3) is 2.99. The number of nitrogens with one attached hydrogen (secondary N) is 2. The molecule has 0 unspecified atom stereocenters. The Morgan fingerprint density at radius 2 is 2.00 bits per heavy atom. The van der Waals surface area contributed by atoms with Crippen LogP contribution in [0.4, 0.5) is 0 Å². The fourth-order valence-electron chi connectivity index (χ4n) is 3.19. The first-order chi connectivity index (χ1) is 12.4. The van der Waals surface area contributed by atoms with Gasteiger partial charge in [0.15, 0.2) is 11.5 Å². The molecule has 0 spiro atoms. The molecule has 0 fully saturated rings. The van der Waals surface area contributed by atoms with E-state index in [9.17, 15) is 4.79 Å². The summed E-state index contributed by atoms with van der Waals surface area (Å²) >= 11 is 6.15. The predicted octanol–water partition coefficient (Wildman–Crippen LogP) is 4.26. The molecular weight excluding hydrogens is 352 g/mol. The van der Waals surface area contributed by atoms with E-state index in [4.69, 9.17) is 21.1 Å². The number of aromatic amines is 1. The van der Waals surface area contributed by atoms with Gasteiger partial charge < -0.3 is 19.8 Å². The molecule has 26 heavy (non-hydrogen) atoms. The van der Waals surface area contributed by atoms with Gasteiger partial charge in [-0.2, -0.15) is 0 Å². The molecule has 0 radical (unpaired) electrons. The molecule has 0 atom stereocenters. The van der Waals surface area contributed by atoms with Gasteiger partial charge in [-0.1, -0.05) is 25.4 Å². The Morgan fingerprint density at radius 3 is 2.85 bits per heavy atom. The van der Waals surface area contributed by atoms with E-state index in [0.29, 0.717) is 28.6 Å². The molecule has 0 bridgehead atoms. The van der Waals surface area contributed by atoms with E-state index in [1.807, 2.05) is 24.4 Å². The molecule has 134 valence electrons. The molecule has 0 aliphatic carbocycles. The molecule has 1 aliphatic rings. The molecule has 5 nitrogen and oxygen atoms in total. The number of ether oxygens (including phenoxy) is 2. The minimum absolute atomic E-state index is 0.144. The van der Waals surface area contributed by atoms with Gasteiger partial charge in [0.25, 0.3) is 5.91 Å². The van der Waals surface area contributed by atoms with Crippen molar-refractivity contribution in [1.82, 2.24) is 10.3 Å². The molecule has 1 aromatic heterocycles. The fourth-order valence-corrected chi connectivity index (χ4v) is 3.36. The van der Waals surface area contributed by atoms with Crippen LogP contribution in [0, 0.1) is 0 Å². The lowest BCUT2D eigenvalue weighted by Gasteiger charge is -2.25. The zero-order chi connectivity index (χ0) is 18.3. The van der Waals surface area contributed by atoms with E-state index in [2.05, 4.69) is 24.1 Å². The number of carbonyl (C=O) groups is 1. The van der Waals surface area contributed by atoms with E-state index in [0.717, 1.165) is 16.5 Å². The lowest BCUT2D eigenvalue weighted by molar-refractivity contribution is 0.0945. The number of amides is 1. The van der Waals surface area contributed by atoms with Crippen LogP contribution in [0.25, 0.3) is 10.9 Å². The van der Waals surface area contributed by atoms with Crippen LogP contribution in [0.1, 0.15) is 29.8 Å². The van der Waals surface area contributed by atoms with Crippen molar-refractivity contribution in [2.24, 2.45) is 0 Å². The van der Waals surface area contributed by atoms with E-state index in [-0.39, 0.29) is 18.1 Å². The van der Waals surface area contributed by atoms with Crippen LogP contribution in [-0.4, -0.2) is 24.2 Å². The topological polar surface area (TPSA) is 63.4 Å². The second-order valence-corrected chi connectivity index (χ2v) is 7.46. The van der Waals surface area contributed by atoms with Gasteiger partial charge in [-0.25, -0.2) is 0 Å². The molecule has 4 rings (SSSR count). The first-order valence-corrected chi connectivity index (χ1v) is 8.77. The van der Waals surface area contributed by atoms with Crippen LogP contribution >= 0.6 is 11.6 Å². The number of fused-ring (bicyclic) bond motifs is 2. The van der Waals surface area contributed by atoms with Gasteiger partial charge in [-0.15, -0.1) is 0 Å². The standard InChI is InChI=1S/C20H19ClN2O3/c1-20(2,15-9-22-16-5-4-13(21)8-14(15)16)10-23-19(24)12-3-6-17-18(7-12)26-11-25-17/h3-9,22H,10-11H2,1-2H3,(H,23,24). The smallest absolute Gasteiger partial charge is 0.251 e. The minimum atomic E-state index is -0.269. The second-order valence-electron chi connectivity index (χ2n) is 7.03. The summed E-state index contributed by atoms with van der Waals surface area (Å²) < 4.78 is 10.6. The monoisotopic (exact) mass is 370 g/mol. The van der Waals surface area contributed by atoms with E-state index < -0.39 is 0 Å².